The number of hydrogen-bond donors (Lipinski definition) is 1. The van der Waals surface area contributed by atoms with Crippen LogP contribution in [0, 0.1) is 11.8 Å². The van der Waals surface area contributed by atoms with Crippen LogP contribution in [-0.2, 0) is 14.3 Å². The van der Waals surface area contributed by atoms with E-state index in [9.17, 15) is 14.4 Å². The predicted molar refractivity (Wildman–Crippen MR) is 77.1 cm³/mol. The zero-order valence-electron chi connectivity index (χ0n) is 12.3. The van der Waals surface area contributed by atoms with E-state index in [0.29, 0.717) is 11.3 Å². The molecule has 3 aliphatic rings. The second-order valence-corrected chi connectivity index (χ2v) is 5.69. The van der Waals surface area contributed by atoms with Gasteiger partial charge >= 0.3 is 0 Å². The standard InChI is InChI=1S/C16H14N2O5/c1-22-9-4-2-3-8(7-9)14(19)17-18-15(20)12-10-5-6-11(23-10)13(12)16(18)21/h2-7,10-13H,1H3,(H,17,19)/t10-,11+,12-,13-/m0/s1. The van der Waals surface area contributed by atoms with Crippen molar-refractivity contribution in [3.63, 3.8) is 0 Å². The Kier molecular flexibility index (Phi) is 2.99. The van der Waals surface area contributed by atoms with Crippen LogP contribution >= 0.6 is 0 Å². The third-order valence-corrected chi connectivity index (χ3v) is 4.46. The Hall–Kier alpha value is -2.67. The van der Waals surface area contributed by atoms with Gasteiger partial charge in [-0.25, -0.2) is 0 Å². The monoisotopic (exact) mass is 314 g/mol. The lowest BCUT2D eigenvalue weighted by Crippen LogP contribution is -2.47. The Morgan fingerprint density at radius 1 is 1.17 bits per heavy atom. The third kappa shape index (κ3) is 1.97. The number of carbonyl (C=O) groups is 3. The molecule has 4 atom stereocenters. The highest BCUT2D eigenvalue weighted by Gasteiger charge is 2.61. The molecule has 1 aromatic rings. The Morgan fingerprint density at radius 2 is 1.83 bits per heavy atom. The van der Waals surface area contributed by atoms with Crippen molar-refractivity contribution in [2.75, 3.05) is 7.11 Å². The van der Waals surface area contributed by atoms with Crippen LogP contribution in [-0.4, -0.2) is 42.0 Å². The summed E-state index contributed by atoms with van der Waals surface area (Å²) in [5, 5.41) is 0.826. The number of ether oxygens (including phenoxy) is 2. The summed E-state index contributed by atoms with van der Waals surface area (Å²) in [6.45, 7) is 0. The summed E-state index contributed by atoms with van der Waals surface area (Å²) in [4.78, 5) is 37.2. The number of hydrogen-bond acceptors (Lipinski definition) is 5. The van der Waals surface area contributed by atoms with Crippen molar-refractivity contribution >= 4 is 17.7 Å². The van der Waals surface area contributed by atoms with Crippen LogP contribution < -0.4 is 10.2 Å². The Morgan fingerprint density at radius 3 is 2.43 bits per heavy atom. The summed E-state index contributed by atoms with van der Waals surface area (Å²) in [7, 11) is 1.49. The number of rotatable bonds is 3. The van der Waals surface area contributed by atoms with E-state index in [1.807, 2.05) is 0 Å². The van der Waals surface area contributed by atoms with Crippen molar-refractivity contribution < 1.29 is 23.9 Å². The maximum Gasteiger partial charge on any atom is 0.270 e. The van der Waals surface area contributed by atoms with Crippen LogP contribution in [0.1, 0.15) is 10.4 Å². The molecular weight excluding hydrogens is 300 g/mol. The summed E-state index contributed by atoms with van der Waals surface area (Å²) in [6.07, 6.45) is 2.84. The van der Waals surface area contributed by atoms with Gasteiger partial charge in [-0.2, -0.15) is 5.01 Å². The van der Waals surface area contributed by atoms with Gasteiger partial charge in [-0.05, 0) is 18.2 Å². The van der Waals surface area contributed by atoms with Gasteiger partial charge in [0.15, 0.2) is 0 Å². The largest absolute Gasteiger partial charge is 0.497 e. The first-order chi connectivity index (χ1) is 11.1. The maximum atomic E-state index is 12.4. The average Bonchev–Trinajstić information content (AvgIpc) is 3.24. The van der Waals surface area contributed by atoms with Crippen LogP contribution in [0.5, 0.6) is 5.75 Å². The number of nitrogens with zero attached hydrogens (tertiary/aromatic N) is 1. The lowest BCUT2D eigenvalue weighted by molar-refractivity contribution is -0.145. The fourth-order valence-corrected chi connectivity index (χ4v) is 3.34. The molecule has 2 bridgehead atoms. The van der Waals surface area contributed by atoms with Gasteiger partial charge in [0.25, 0.3) is 17.7 Å². The van der Waals surface area contributed by atoms with E-state index in [-0.39, 0.29) is 12.2 Å². The molecule has 3 aliphatic heterocycles. The molecule has 0 saturated carbocycles. The minimum Gasteiger partial charge on any atom is -0.497 e. The molecule has 23 heavy (non-hydrogen) atoms. The average molecular weight is 314 g/mol. The van der Waals surface area contributed by atoms with Crippen LogP contribution in [0.2, 0.25) is 0 Å². The number of imide groups is 1. The summed E-state index contributed by atoms with van der Waals surface area (Å²) < 4.78 is 10.6. The molecule has 3 heterocycles. The van der Waals surface area contributed by atoms with Gasteiger partial charge in [-0.1, -0.05) is 18.2 Å². The van der Waals surface area contributed by atoms with E-state index >= 15 is 0 Å². The molecule has 1 N–H and O–H groups in total. The molecule has 2 saturated heterocycles. The fraction of sp³-hybridized carbons (Fsp3) is 0.312. The van der Waals surface area contributed by atoms with Gasteiger partial charge in [0.05, 0.1) is 31.2 Å². The van der Waals surface area contributed by atoms with E-state index < -0.39 is 29.6 Å². The van der Waals surface area contributed by atoms with E-state index in [1.54, 1.807) is 30.4 Å². The Labute approximate surface area is 131 Å². The van der Waals surface area contributed by atoms with Crippen molar-refractivity contribution in [1.29, 1.82) is 0 Å². The number of nitrogens with one attached hydrogen (secondary N) is 1. The second kappa shape index (κ2) is 4.92. The van der Waals surface area contributed by atoms with E-state index in [1.165, 1.54) is 13.2 Å². The normalized spacial score (nSPS) is 30.7. The summed E-state index contributed by atoms with van der Waals surface area (Å²) in [5.74, 6) is -1.94. The number of amides is 3. The minimum atomic E-state index is -0.539. The topological polar surface area (TPSA) is 84.9 Å². The molecule has 0 aromatic heterocycles. The van der Waals surface area contributed by atoms with E-state index in [4.69, 9.17) is 9.47 Å². The molecule has 0 unspecified atom stereocenters. The van der Waals surface area contributed by atoms with Crippen molar-refractivity contribution in [2.24, 2.45) is 11.8 Å². The minimum absolute atomic E-state index is 0.305. The lowest BCUT2D eigenvalue weighted by atomic mass is 9.85. The van der Waals surface area contributed by atoms with Gasteiger partial charge in [0, 0.05) is 5.56 Å². The smallest absolute Gasteiger partial charge is 0.270 e. The molecule has 0 aliphatic carbocycles. The summed E-state index contributed by atoms with van der Waals surface area (Å²) in [6, 6.07) is 6.48. The Bertz CT molecular complexity index is 714. The van der Waals surface area contributed by atoms with Crippen LogP contribution in [0.25, 0.3) is 0 Å². The van der Waals surface area contributed by atoms with Crippen molar-refractivity contribution in [3.8, 4) is 5.75 Å². The fourth-order valence-electron chi connectivity index (χ4n) is 3.34. The SMILES string of the molecule is COc1cccc(C(=O)NN2C(=O)[C@@H]3[C@@H](C2=O)[C@H]2C=C[C@@H]3O2)c1. The van der Waals surface area contributed by atoms with Crippen LogP contribution in [0.4, 0.5) is 0 Å². The Balaban J connectivity index is 1.54. The van der Waals surface area contributed by atoms with E-state index in [0.717, 1.165) is 5.01 Å². The number of methoxy groups -OCH3 is 1. The van der Waals surface area contributed by atoms with Gasteiger partial charge in [0.1, 0.15) is 5.75 Å². The zero-order valence-corrected chi connectivity index (χ0v) is 12.3. The molecule has 0 radical (unpaired) electrons. The van der Waals surface area contributed by atoms with Crippen molar-refractivity contribution in [3.05, 3.63) is 42.0 Å². The second-order valence-electron chi connectivity index (χ2n) is 5.69. The summed E-state index contributed by atoms with van der Waals surface area (Å²) >= 11 is 0. The maximum absolute atomic E-state index is 12.4. The molecule has 4 rings (SSSR count). The molecule has 2 fully saturated rings. The predicted octanol–water partition coefficient (Wildman–Crippen LogP) is 0.278. The molecule has 0 spiro atoms. The number of fused-ring (bicyclic) bond motifs is 5. The van der Waals surface area contributed by atoms with Crippen molar-refractivity contribution in [1.82, 2.24) is 10.4 Å². The van der Waals surface area contributed by atoms with Gasteiger partial charge < -0.3 is 9.47 Å². The van der Waals surface area contributed by atoms with Gasteiger partial charge in [0.2, 0.25) is 0 Å². The van der Waals surface area contributed by atoms with Crippen molar-refractivity contribution in [2.45, 2.75) is 12.2 Å². The zero-order chi connectivity index (χ0) is 16.1. The lowest BCUT2D eigenvalue weighted by Gasteiger charge is -2.18. The highest BCUT2D eigenvalue weighted by Crippen LogP contribution is 2.44. The molecule has 118 valence electrons. The van der Waals surface area contributed by atoms with Crippen LogP contribution in [0.15, 0.2) is 36.4 Å². The van der Waals surface area contributed by atoms with E-state index in [2.05, 4.69) is 5.43 Å². The first-order valence-corrected chi connectivity index (χ1v) is 7.27. The molecule has 1 aromatic carbocycles. The first-order valence-electron chi connectivity index (χ1n) is 7.27. The summed E-state index contributed by atoms with van der Waals surface area (Å²) in [5.41, 5.74) is 2.70. The number of hydrazine groups is 1. The number of benzene rings is 1. The highest BCUT2D eigenvalue weighted by atomic mass is 16.5. The first kappa shape index (κ1) is 14.0. The molecule has 7 heteroatoms. The highest BCUT2D eigenvalue weighted by molar-refractivity contribution is 6.09. The van der Waals surface area contributed by atoms with Crippen LogP contribution in [0.3, 0.4) is 0 Å². The van der Waals surface area contributed by atoms with Gasteiger partial charge in [-0.15, -0.1) is 0 Å². The quantitative estimate of drug-likeness (QED) is 0.640. The molecular formula is C16H14N2O5. The molecule has 3 amide bonds. The molecule has 7 nitrogen and oxygen atoms in total. The van der Waals surface area contributed by atoms with Gasteiger partial charge in [-0.3, -0.25) is 19.8 Å². The number of carbonyl (C=O) groups excluding carboxylic acids is 3. The third-order valence-electron chi connectivity index (χ3n) is 4.46.